The molecular weight excluding hydrogens is 440 g/mol. The summed E-state index contributed by atoms with van der Waals surface area (Å²) in [4.78, 5) is 4.63. The van der Waals surface area contributed by atoms with Gasteiger partial charge in [0.05, 0.1) is 16.8 Å². The van der Waals surface area contributed by atoms with Crippen LogP contribution in [0.5, 0.6) is 0 Å². The second kappa shape index (κ2) is 16.1. The molecule has 3 heteroatoms. The van der Waals surface area contributed by atoms with Gasteiger partial charge in [-0.05, 0) is 70.3 Å². The summed E-state index contributed by atoms with van der Waals surface area (Å²) in [6, 6.07) is 4.24. The van der Waals surface area contributed by atoms with Crippen LogP contribution in [0.1, 0.15) is 168 Å². The van der Waals surface area contributed by atoms with E-state index in [1.165, 1.54) is 103 Å². The molecule has 0 bridgehead atoms. The lowest BCUT2D eigenvalue weighted by molar-refractivity contribution is -0.0237. The van der Waals surface area contributed by atoms with Gasteiger partial charge in [-0.3, -0.25) is 4.98 Å². The summed E-state index contributed by atoms with van der Waals surface area (Å²) in [5.41, 5.74) is 8.62. The minimum atomic E-state index is -0.295. The van der Waals surface area contributed by atoms with Crippen LogP contribution in [0.25, 0.3) is 0 Å². The first-order chi connectivity index (χ1) is 17.3. The first kappa shape index (κ1) is 31.3. The predicted molar refractivity (Wildman–Crippen MR) is 156 cm³/mol. The Kier molecular flexibility index (Phi) is 14.0. The largest absolute Gasteiger partial charge is 0.371 e. The van der Waals surface area contributed by atoms with Crippen molar-refractivity contribution in [3.05, 3.63) is 29.6 Å². The van der Waals surface area contributed by atoms with Gasteiger partial charge in [0.15, 0.2) is 0 Å². The van der Waals surface area contributed by atoms with Crippen molar-refractivity contribution in [2.45, 2.75) is 168 Å². The molecule has 3 nitrogen and oxygen atoms in total. The summed E-state index contributed by atoms with van der Waals surface area (Å²) in [6.45, 7) is 12.2. The number of ether oxygens (including phenoxy) is 1. The molecule has 36 heavy (non-hydrogen) atoms. The zero-order chi connectivity index (χ0) is 26.3. The van der Waals surface area contributed by atoms with Crippen LogP contribution in [0.3, 0.4) is 0 Å². The maximum atomic E-state index is 6.27. The number of nitrogens with two attached hydrogens (primary N) is 1. The number of hydrogen-bond acceptors (Lipinski definition) is 3. The Balaban J connectivity index is 1.58. The lowest BCUT2D eigenvalue weighted by Crippen LogP contribution is -2.24. The van der Waals surface area contributed by atoms with E-state index >= 15 is 0 Å². The summed E-state index contributed by atoms with van der Waals surface area (Å²) in [7, 11) is 0. The zero-order valence-corrected chi connectivity index (χ0v) is 24.8. The first-order valence-electron chi connectivity index (χ1n) is 15.7. The van der Waals surface area contributed by atoms with Crippen molar-refractivity contribution in [2.75, 3.05) is 6.61 Å². The number of aromatic nitrogens is 1. The summed E-state index contributed by atoms with van der Waals surface area (Å²) in [5, 5.41) is 0. The van der Waals surface area contributed by atoms with Crippen molar-refractivity contribution >= 4 is 0 Å². The molecule has 0 radical (unpaired) electrons. The molecule has 1 aromatic rings. The number of unbranched alkanes of at least 4 members (excludes halogenated alkanes) is 9. The predicted octanol–water partition coefficient (Wildman–Crippen LogP) is 9.96. The van der Waals surface area contributed by atoms with Crippen molar-refractivity contribution in [3.63, 3.8) is 0 Å². The SMILES string of the molecule is CCCCC(CCCC)(CCCC)CCCCCCCCCOC(C)(C)c1ccc(C2(N)CC2)nc1. The fourth-order valence-electron chi connectivity index (χ4n) is 5.74. The van der Waals surface area contributed by atoms with Gasteiger partial charge in [-0.1, -0.05) is 104 Å². The molecule has 208 valence electrons. The summed E-state index contributed by atoms with van der Waals surface area (Å²) < 4.78 is 6.26. The van der Waals surface area contributed by atoms with Crippen molar-refractivity contribution in [2.24, 2.45) is 11.1 Å². The molecule has 2 N–H and O–H groups in total. The third kappa shape index (κ3) is 10.8. The molecule has 0 aromatic carbocycles. The van der Waals surface area contributed by atoms with Gasteiger partial charge >= 0.3 is 0 Å². The van der Waals surface area contributed by atoms with Gasteiger partial charge in [0.25, 0.3) is 0 Å². The molecule has 1 heterocycles. The molecule has 1 aromatic heterocycles. The molecule has 1 fully saturated rings. The van der Waals surface area contributed by atoms with Crippen LogP contribution < -0.4 is 5.73 Å². The highest BCUT2D eigenvalue weighted by atomic mass is 16.5. The molecule has 1 aliphatic rings. The quantitative estimate of drug-likeness (QED) is 0.161. The van der Waals surface area contributed by atoms with E-state index in [-0.39, 0.29) is 11.1 Å². The number of rotatable bonds is 22. The average molecular weight is 501 g/mol. The van der Waals surface area contributed by atoms with Crippen LogP contribution in [0.15, 0.2) is 18.3 Å². The Labute approximate surface area is 224 Å². The topological polar surface area (TPSA) is 48.1 Å². The van der Waals surface area contributed by atoms with Crippen LogP contribution in [0, 0.1) is 5.41 Å². The van der Waals surface area contributed by atoms with E-state index in [1.807, 2.05) is 6.20 Å². The Morgan fingerprint density at radius 3 is 1.72 bits per heavy atom. The first-order valence-corrected chi connectivity index (χ1v) is 15.7. The molecule has 1 saturated carbocycles. The lowest BCUT2D eigenvalue weighted by atomic mass is 9.71. The zero-order valence-electron chi connectivity index (χ0n) is 24.8. The fraction of sp³-hybridized carbons (Fsp3) is 0.848. The normalized spacial score (nSPS) is 15.4. The third-order valence-corrected chi connectivity index (χ3v) is 8.75. The van der Waals surface area contributed by atoms with E-state index in [0.717, 1.165) is 37.1 Å². The highest BCUT2D eigenvalue weighted by Crippen LogP contribution is 2.42. The van der Waals surface area contributed by atoms with E-state index in [2.05, 4.69) is 51.7 Å². The van der Waals surface area contributed by atoms with Gasteiger partial charge in [-0.2, -0.15) is 0 Å². The van der Waals surface area contributed by atoms with Gasteiger partial charge in [-0.15, -0.1) is 0 Å². The van der Waals surface area contributed by atoms with Crippen molar-refractivity contribution < 1.29 is 4.74 Å². The van der Waals surface area contributed by atoms with E-state index in [4.69, 9.17) is 10.5 Å². The smallest absolute Gasteiger partial charge is 0.0890 e. The van der Waals surface area contributed by atoms with Gasteiger partial charge in [0, 0.05) is 18.4 Å². The van der Waals surface area contributed by atoms with E-state index < -0.39 is 0 Å². The molecule has 1 aliphatic carbocycles. The fourth-order valence-corrected chi connectivity index (χ4v) is 5.74. The maximum absolute atomic E-state index is 6.27. The second-order valence-corrected chi connectivity index (χ2v) is 12.5. The third-order valence-electron chi connectivity index (χ3n) is 8.75. The Bertz CT molecular complexity index is 670. The van der Waals surface area contributed by atoms with Crippen LogP contribution in [-0.2, 0) is 15.9 Å². The Morgan fingerprint density at radius 2 is 1.25 bits per heavy atom. The van der Waals surface area contributed by atoms with Crippen LogP contribution in [0.4, 0.5) is 0 Å². The van der Waals surface area contributed by atoms with Crippen molar-refractivity contribution in [1.29, 1.82) is 0 Å². The second-order valence-electron chi connectivity index (χ2n) is 12.5. The Morgan fingerprint density at radius 1 is 0.750 bits per heavy atom. The molecular formula is C33H60N2O. The van der Waals surface area contributed by atoms with Gasteiger partial charge in [-0.25, -0.2) is 0 Å². The van der Waals surface area contributed by atoms with Crippen LogP contribution >= 0.6 is 0 Å². The summed E-state index contributed by atoms with van der Waals surface area (Å²) >= 11 is 0. The summed E-state index contributed by atoms with van der Waals surface area (Å²) in [6.07, 6.45) is 27.6. The molecule has 0 aliphatic heterocycles. The maximum Gasteiger partial charge on any atom is 0.0890 e. The average Bonchev–Trinajstić information content (AvgIpc) is 3.64. The minimum Gasteiger partial charge on any atom is -0.371 e. The lowest BCUT2D eigenvalue weighted by Gasteiger charge is -2.35. The summed E-state index contributed by atoms with van der Waals surface area (Å²) in [5.74, 6) is 0. The number of nitrogens with zero attached hydrogens (tertiary/aromatic N) is 1. The van der Waals surface area contributed by atoms with E-state index in [9.17, 15) is 0 Å². The minimum absolute atomic E-state index is 0.161. The van der Waals surface area contributed by atoms with Gasteiger partial charge < -0.3 is 10.5 Å². The number of hydrogen-bond donors (Lipinski definition) is 1. The molecule has 0 unspecified atom stereocenters. The van der Waals surface area contributed by atoms with Gasteiger partial charge in [0.2, 0.25) is 0 Å². The molecule has 0 atom stereocenters. The van der Waals surface area contributed by atoms with Crippen molar-refractivity contribution in [1.82, 2.24) is 4.98 Å². The highest BCUT2D eigenvalue weighted by Gasteiger charge is 2.41. The van der Waals surface area contributed by atoms with Crippen LogP contribution in [0.2, 0.25) is 0 Å². The van der Waals surface area contributed by atoms with E-state index in [0.29, 0.717) is 5.41 Å². The van der Waals surface area contributed by atoms with Gasteiger partial charge in [0.1, 0.15) is 0 Å². The van der Waals surface area contributed by atoms with E-state index in [1.54, 1.807) is 0 Å². The van der Waals surface area contributed by atoms with Crippen LogP contribution in [-0.4, -0.2) is 11.6 Å². The number of pyridine rings is 1. The monoisotopic (exact) mass is 500 g/mol. The standard InChI is InChI=1S/C33H60N2O/c1-6-9-21-32(22-10-7-2,23-11-8-3)24-17-15-13-12-14-16-18-27-36-31(4,5)29-19-20-30(35-28-29)33(34)25-26-33/h19-20,28H,6-18,21-27,34H2,1-5H3. The molecule has 0 saturated heterocycles. The Hall–Kier alpha value is -0.930. The molecule has 0 spiro atoms. The molecule has 0 amide bonds. The molecule has 2 rings (SSSR count). The van der Waals surface area contributed by atoms with Crippen molar-refractivity contribution in [3.8, 4) is 0 Å². The highest BCUT2D eigenvalue weighted by molar-refractivity contribution is 5.27.